The number of fused-ring (bicyclic) bond motifs is 1. The Morgan fingerprint density at radius 1 is 1.47 bits per heavy atom. The van der Waals surface area contributed by atoms with Gasteiger partial charge in [0.15, 0.2) is 5.13 Å². The summed E-state index contributed by atoms with van der Waals surface area (Å²) in [6, 6.07) is 4.20. The third-order valence-electron chi connectivity index (χ3n) is 3.79. The van der Waals surface area contributed by atoms with Gasteiger partial charge in [-0.05, 0) is 31.0 Å². The van der Waals surface area contributed by atoms with Gasteiger partial charge in [0.25, 0.3) is 0 Å². The van der Waals surface area contributed by atoms with Crippen molar-refractivity contribution in [3.63, 3.8) is 0 Å². The zero-order chi connectivity index (χ0) is 13.6. The number of thiazole rings is 1. The highest BCUT2D eigenvalue weighted by Gasteiger charge is 2.30. The van der Waals surface area contributed by atoms with E-state index >= 15 is 0 Å². The number of amides is 1. The first kappa shape index (κ1) is 12.4. The molecule has 0 bridgehead atoms. The second kappa shape index (κ2) is 4.46. The predicted octanol–water partition coefficient (Wildman–Crippen LogP) is 3.45. The fraction of sp³-hybridized carbons (Fsp3) is 0.333. The van der Waals surface area contributed by atoms with Crippen molar-refractivity contribution in [2.45, 2.75) is 20.3 Å². The van der Waals surface area contributed by atoms with Crippen LogP contribution >= 0.6 is 11.3 Å². The molecule has 2 aromatic rings. The van der Waals surface area contributed by atoms with Gasteiger partial charge >= 0.3 is 0 Å². The van der Waals surface area contributed by atoms with Gasteiger partial charge in [0.1, 0.15) is 0 Å². The monoisotopic (exact) mass is 272 g/mol. The van der Waals surface area contributed by atoms with E-state index in [0.717, 1.165) is 15.3 Å². The zero-order valence-corrected chi connectivity index (χ0v) is 12.0. The van der Waals surface area contributed by atoms with E-state index < -0.39 is 0 Å². The highest BCUT2D eigenvalue weighted by Crippen LogP contribution is 2.34. The number of anilines is 1. The summed E-state index contributed by atoms with van der Waals surface area (Å²) < 4.78 is 1.15. The van der Waals surface area contributed by atoms with Gasteiger partial charge in [-0.3, -0.25) is 9.69 Å². The van der Waals surface area contributed by atoms with Crippen LogP contribution in [0.15, 0.2) is 24.8 Å². The van der Waals surface area contributed by atoms with Crippen molar-refractivity contribution < 1.29 is 4.79 Å². The lowest BCUT2D eigenvalue weighted by molar-refractivity contribution is -0.117. The molecule has 19 heavy (non-hydrogen) atoms. The number of hydrogen-bond donors (Lipinski definition) is 0. The number of aromatic nitrogens is 1. The minimum Gasteiger partial charge on any atom is -0.287 e. The molecule has 0 aliphatic carbocycles. The Morgan fingerprint density at radius 2 is 2.26 bits per heavy atom. The fourth-order valence-corrected chi connectivity index (χ4v) is 3.46. The summed E-state index contributed by atoms with van der Waals surface area (Å²) in [7, 11) is 0. The lowest BCUT2D eigenvalue weighted by atomic mass is 10.1. The molecular formula is C15H16N2OS. The van der Waals surface area contributed by atoms with Crippen molar-refractivity contribution in [3.05, 3.63) is 35.9 Å². The maximum absolute atomic E-state index is 12.0. The van der Waals surface area contributed by atoms with Crippen LogP contribution in [0.1, 0.15) is 17.5 Å². The van der Waals surface area contributed by atoms with E-state index in [0.29, 0.717) is 13.0 Å². The molecule has 4 heteroatoms. The molecular weight excluding hydrogens is 256 g/mol. The van der Waals surface area contributed by atoms with Crippen LogP contribution < -0.4 is 4.90 Å². The van der Waals surface area contributed by atoms with Crippen LogP contribution in [0.4, 0.5) is 5.13 Å². The second-order valence-corrected chi connectivity index (χ2v) is 6.06. The molecule has 1 unspecified atom stereocenters. The van der Waals surface area contributed by atoms with Crippen LogP contribution in [0.25, 0.3) is 10.2 Å². The summed E-state index contributed by atoms with van der Waals surface area (Å²) in [4.78, 5) is 18.5. The van der Waals surface area contributed by atoms with Crippen LogP contribution in [0, 0.1) is 19.8 Å². The smallest absolute Gasteiger partial charge is 0.229 e. The van der Waals surface area contributed by atoms with Gasteiger partial charge in [-0.25, -0.2) is 4.98 Å². The highest BCUT2D eigenvalue weighted by atomic mass is 32.1. The normalized spacial score (nSPS) is 19.4. The van der Waals surface area contributed by atoms with Crippen LogP contribution in [-0.4, -0.2) is 17.4 Å². The van der Waals surface area contributed by atoms with E-state index in [-0.39, 0.29) is 11.8 Å². The van der Waals surface area contributed by atoms with E-state index in [9.17, 15) is 4.79 Å². The van der Waals surface area contributed by atoms with Gasteiger partial charge in [0.05, 0.1) is 10.2 Å². The highest BCUT2D eigenvalue weighted by molar-refractivity contribution is 7.22. The SMILES string of the molecule is C=CC1CC(=O)N(c2nc3c(C)c(C)ccc3s2)C1. The van der Waals surface area contributed by atoms with Crippen LogP contribution in [-0.2, 0) is 4.79 Å². The minimum atomic E-state index is 0.151. The van der Waals surface area contributed by atoms with E-state index in [2.05, 4.69) is 37.5 Å². The summed E-state index contributed by atoms with van der Waals surface area (Å²) in [6.07, 6.45) is 2.41. The molecule has 1 fully saturated rings. The number of carbonyl (C=O) groups excluding carboxylic acids is 1. The first-order valence-electron chi connectivity index (χ1n) is 6.40. The van der Waals surface area contributed by atoms with E-state index in [1.807, 2.05) is 6.08 Å². The first-order valence-corrected chi connectivity index (χ1v) is 7.21. The minimum absolute atomic E-state index is 0.151. The molecule has 0 N–H and O–H groups in total. The van der Waals surface area contributed by atoms with Crippen molar-refractivity contribution >= 4 is 32.6 Å². The number of carbonyl (C=O) groups is 1. The summed E-state index contributed by atoms with van der Waals surface area (Å²) >= 11 is 1.59. The van der Waals surface area contributed by atoms with Crippen molar-refractivity contribution in [1.29, 1.82) is 0 Å². The zero-order valence-electron chi connectivity index (χ0n) is 11.1. The molecule has 1 atom stereocenters. The Bertz CT molecular complexity index is 674. The molecule has 1 amide bonds. The molecule has 0 spiro atoms. The average Bonchev–Trinajstić information content (AvgIpc) is 2.97. The Labute approximate surface area is 116 Å². The molecule has 1 aliphatic rings. The number of aryl methyl sites for hydroxylation is 2. The molecule has 98 valence electrons. The third kappa shape index (κ3) is 1.96. The molecule has 1 aliphatic heterocycles. The first-order chi connectivity index (χ1) is 9.10. The molecule has 2 heterocycles. The van der Waals surface area contributed by atoms with Crippen molar-refractivity contribution in [2.75, 3.05) is 11.4 Å². The topological polar surface area (TPSA) is 33.2 Å². The molecule has 1 saturated heterocycles. The Hall–Kier alpha value is -1.68. The van der Waals surface area contributed by atoms with Gasteiger partial charge < -0.3 is 0 Å². The fourth-order valence-electron chi connectivity index (χ4n) is 2.41. The maximum atomic E-state index is 12.0. The largest absolute Gasteiger partial charge is 0.287 e. The lowest BCUT2D eigenvalue weighted by Crippen LogP contribution is -2.24. The maximum Gasteiger partial charge on any atom is 0.229 e. The average molecular weight is 272 g/mol. The summed E-state index contributed by atoms with van der Waals surface area (Å²) in [5.74, 6) is 0.403. The second-order valence-electron chi connectivity index (χ2n) is 5.05. The number of nitrogens with zero attached hydrogens (tertiary/aromatic N) is 2. The van der Waals surface area contributed by atoms with Gasteiger partial charge in [0, 0.05) is 18.9 Å². The Balaban J connectivity index is 2.05. The Morgan fingerprint density at radius 3 is 2.95 bits per heavy atom. The van der Waals surface area contributed by atoms with Gasteiger partial charge in [0.2, 0.25) is 5.91 Å². The van der Waals surface area contributed by atoms with Crippen LogP contribution in [0.3, 0.4) is 0 Å². The molecule has 0 saturated carbocycles. The summed E-state index contributed by atoms with van der Waals surface area (Å²) in [6.45, 7) is 8.66. The van der Waals surface area contributed by atoms with Crippen molar-refractivity contribution in [1.82, 2.24) is 4.98 Å². The molecule has 0 radical (unpaired) electrons. The van der Waals surface area contributed by atoms with Gasteiger partial charge in [-0.2, -0.15) is 0 Å². The van der Waals surface area contributed by atoms with E-state index in [4.69, 9.17) is 0 Å². The van der Waals surface area contributed by atoms with E-state index in [1.165, 1.54) is 11.1 Å². The lowest BCUT2D eigenvalue weighted by Gasteiger charge is -2.11. The van der Waals surface area contributed by atoms with Gasteiger partial charge in [-0.15, -0.1) is 6.58 Å². The molecule has 1 aromatic heterocycles. The molecule has 3 nitrogen and oxygen atoms in total. The number of rotatable bonds is 2. The quantitative estimate of drug-likeness (QED) is 0.784. The van der Waals surface area contributed by atoms with Gasteiger partial charge in [-0.1, -0.05) is 23.5 Å². The van der Waals surface area contributed by atoms with Crippen LogP contribution in [0.2, 0.25) is 0 Å². The Kier molecular flexibility index (Phi) is 2.90. The molecule has 3 rings (SSSR count). The molecule has 1 aromatic carbocycles. The third-order valence-corrected chi connectivity index (χ3v) is 4.84. The van der Waals surface area contributed by atoms with Crippen molar-refractivity contribution in [3.8, 4) is 0 Å². The van der Waals surface area contributed by atoms with Crippen molar-refractivity contribution in [2.24, 2.45) is 5.92 Å². The summed E-state index contributed by atoms with van der Waals surface area (Å²) in [5, 5.41) is 0.818. The number of benzene rings is 1. The summed E-state index contributed by atoms with van der Waals surface area (Å²) in [5.41, 5.74) is 3.46. The van der Waals surface area contributed by atoms with E-state index in [1.54, 1.807) is 16.2 Å². The number of hydrogen-bond acceptors (Lipinski definition) is 3. The predicted molar refractivity (Wildman–Crippen MR) is 79.8 cm³/mol. The van der Waals surface area contributed by atoms with Crippen LogP contribution in [0.5, 0.6) is 0 Å². The standard InChI is InChI=1S/C15H16N2OS/c1-4-11-7-13(18)17(8-11)15-16-14-10(3)9(2)5-6-12(14)19-15/h4-6,11H,1,7-8H2,2-3H3.